The van der Waals surface area contributed by atoms with Gasteiger partial charge in [0.25, 0.3) is 0 Å². The van der Waals surface area contributed by atoms with Crippen molar-refractivity contribution in [1.82, 2.24) is 0 Å². The van der Waals surface area contributed by atoms with Crippen LogP contribution in [-0.4, -0.2) is 24.4 Å². The first-order valence-corrected chi connectivity index (χ1v) is 7.32. The van der Waals surface area contributed by atoms with E-state index in [0.29, 0.717) is 12.2 Å². The number of hydrogen-bond acceptors (Lipinski definition) is 2. The molecule has 17 heavy (non-hydrogen) atoms. The summed E-state index contributed by atoms with van der Waals surface area (Å²) in [6, 6.07) is 0. The van der Waals surface area contributed by atoms with Crippen molar-refractivity contribution < 1.29 is 9.47 Å². The molecule has 2 heteroatoms. The maximum absolute atomic E-state index is 6.11. The van der Waals surface area contributed by atoms with Crippen LogP contribution in [0.2, 0.25) is 0 Å². The smallest absolute Gasteiger partial charge is 0.0702 e. The highest BCUT2D eigenvalue weighted by molar-refractivity contribution is 4.78. The number of ether oxygens (including phenoxy) is 2. The Hall–Kier alpha value is -0.0800. The van der Waals surface area contributed by atoms with Crippen LogP contribution in [0.15, 0.2) is 0 Å². The van der Waals surface area contributed by atoms with Gasteiger partial charge in [-0.2, -0.15) is 0 Å². The van der Waals surface area contributed by atoms with Crippen molar-refractivity contribution in [3.8, 4) is 0 Å². The molecule has 0 saturated heterocycles. The molecule has 0 aliphatic rings. The van der Waals surface area contributed by atoms with Gasteiger partial charge in [0.1, 0.15) is 0 Å². The Kier molecular flexibility index (Phi) is 8.89. The molecule has 0 saturated carbocycles. The molecule has 104 valence electrons. The molecule has 0 fully saturated rings. The van der Waals surface area contributed by atoms with E-state index in [1.54, 1.807) is 0 Å². The highest BCUT2D eigenvalue weighted by Gasteiger charge is 2.28. The van der Waals surface area contributed by atoms with Crippen molar-refractivity contribution in [2.24, 2.45) is 0 Å². The molecule has 0 spiro atoms. The Balaban J connectivity index is 4.16. The Morgan fingerprint density at radius 2 is 1.47 bits per heavy atom. The normalized spacial score (nSPS) is 12.7. The van der Waals surface area contributed by atoms with Gasteiger partial charge in [-0.1, -0.05) is 27.7 Å². The lowest BCUT2D eigenvalue weighted by molar-refractivity contribution is -0.106. The van der Waals surface area contributed by atoms with Crippen molar-refractivity contribution in [3.63, 3.8) is 0 Å². The van der Waals surface area contributed by atoms with E-state index in [0.717, 1.165) is 38.7 Å². The zero-order valence-corrected chi connectivity index (χ0v) is 12.7. The quantitative estimate of drug-likeness (QED) is 0.560. The highest BCUT2D eigenvalue weighted by atomic mass is 16.5. The maximum Gasteiger partial charge on any atom is 0.0702 e. The minimum atomic E-state index is 0.0141. The molecule has 0 atom stereocenters. The molecular formula is C15H32O2. The summed E-state index contributed by atoms with van der Waals surface area (Å²) in [4.78, 5) is 0. The molecule has 0 N–H and O–H groups in total. The average Bonchev–Trinajstić information content (AvgIpc) is 2.32. The molecule has 0 aromatic carbocycles. The van der Waals surface area contributed by atoms with Gasteiger partial charge in [0.2, 0.25) is 0 Å². The predicted molar refractivity (Wildman–Crippen MR) is 74.5 cm³/mol. The third kappa shape index (κ3) is 6.42. The van der Waals surface area contributed by atoms with Gasteiger partial charge in [0.15, 0.2) is 0 Å². The average molecular weight is 244 g/mol. The molecule has 0 unspecified atom stereocenters. The fraction of sp³-hybridized carbons (Fsp3) is 1.00. The van der Waals surface area contributed by atoms with E-state index < -0.39 is 0 Å². The Morgan fingerprint density at radius 3 is 1.82 bits per heavy atom. The Morgan fingerprint density at radius 1 is 0.941 bits per heavy atom. The fourth-order valence-electron chi connectivity index (χ4n) is 2.27. The first-order chi connectivity index (χ1) is 8.03. The van der Waals surface area contributed by atoms with Crippen LogP contribution in [0.4, 0.5) is 0 Å². The largest absolute Gasteiger partial charge is 0.378 e. The standard InChI is InChI=1S/C15H32O2/c1-7-14(8-2)16-12-11-15(9-3,10-4)17-13(5)6/h13-14H,7-12H2,1-6H3. The molecule has 0 aromatic rings. The van der Waals surface area contributed by atoms with Crippen molar-refractivity contribution in [2.45, 2.75) is 91.5 Å². The highest BCUT2D eigenvalue weighted by Crippen LogP contribution is 2.26. The molecule has 0 amide bonds. The fourth-order valence-corrected chi connectivity index (χ4v) is 2.27. The maximum atomic E-state index is 6.11. The Bertz CT molecular complexity index is 170. The van der Waals surface area contributed by atoms with Gasteiger partial charge < -0.3 is 9.47 Å². The molecule has 0 radical (unpaired) electrons. The van der Waals surface area contributed by atoms with Gasteiger partial charge in [0, 0.05) is 6.61 Å². The molecule has 0 aliphatic carbocycles. The second-order valence-electron chi connectivity index (χ2n) is 5.12. The summed E-state index contributed by atoms with van der Waals surface area (Å²) in [6.07, 6.45) is 6.06. The summed E-state index contributed by atoms with van der Waals surface area (Å²) in [5, 5.41) is 0. The van der Waals surface area contributed by atoms with Crippen molar-refractivity contribution >= 4 is 0 Å². The SMILES string of the molecule is CCC(CC)OCCC(CC)(CC)OC(C)C. The third-order valence-corrected chi connectivity index (χ3v) is 3.60. The minimum Gasteiger partial charge on any atom is -0.378 e. The van der Waals surface area contributed by atoms with E-state index in [1.807, 2.05) is 0 Å². The third-order valence-electron chi connectivity index (χ3n) is 3.60. The minimum absolute atomic E-state index is 0.0141. The van der Waals surface area contributed by atoms with E-state index >= 15 is 0 Å². The van der Waals surface area contributed by atoms with Crippen LogP contribution >= 0.6 is 0 Å². The van der Waals surface area contributed by atoms with Gasteiger partial charge >= 0.3 is 0 Å². The van der Waals surface area contributed by atoms with Gasteiger partial charge in [0.05, 0.1) is 17.8 Å². The van der Waals surface area contributed by atoms with Crippen LogP contribution in [0.1, 0.15) is 73.6 Å². The van der Waals surface area contributed by atoms with Crippen LogP contribution in [0.3, 0.4) is 0 Å². The van der Waals surface area contributed by atoms with Crippen molar-refractivity contribution in [1.29, 1.82) is 0 Å². The summed E-state index contributed by atoms with van der Waals surface area (Å²) in [5.74, 6) is 0. The molecular weight excluding hydrogens is 212 g/mol. The lowest BCUT2D eigenvalue weighted by atomic mass is 9.93. The molecule has 0 heterocycles. The lowest BCUT2D eigenvalue weighted by Crippen LogP contribution is -2.35. The van der Waals surface area contributed by atoms with Crippen molar-refractivity contribution in [2.75, 3.05) is 6.61 Å². The molecule has 0 aromatic heterocycles. The molecule has 0 rings (SSSR count). The van der Waals surface area contributed by atoms with Crippen LogP contribution in [0, 0.1) is 0 Å². The number of rotatable bonds is 10. The van der Waals surface area contributed by atoms with E-state index in [4.69, 9.17) is 9.47 Å². The van der Waals surface area contributed by atoms with Crippen LogP contribution in [0.5, 0.6) is 0 Å². The first-order valence-electron chi connectivity index (χ1n) is 7.32. The summed E-state index contributed by atoms with van der Waals surface area (Å²) < 4.78 is 12.0. The zero-order chi connectivity index (χ0) is 13.3. The van der Waals surface area contributed by atoms with Crippen LogP contribution < -0.4 is 0 Å². The van der Waals surface area contributed by atoms with E-state index in [9.17, 15) is 0 Å². The van der Waals surface area contributed by atoms with Crippen molar-refractivity contribution in [3.05, 3.63) is 0 Å². The van der Waals surface area contributed by atoms with Gasteiger partial charge in [-0.3, -0.25) is 0 Å². The van der Waals surface area contributed by atoms with Gasteiger partial charge in [-0.05, 0) is 46.0 Å². The summed E-state index contributed by atoms with van der Waals surface area (Å²) >= 11 is 0. The second kappa shape index (κ2) is 8.93. The molecule has 0 bridgehead atoms. The van der Waals surface area contributed by atoms with Crippen LogP contribution in [0.25, 0.3) is 0 Å². The summed E-state index contributed by atoms with van der Waals surface area (Å²) in [6.45, 7) is 13.8. The second-order valence-corrected chi connectivity index (χ2v) is 5.12. The van der Waals surface area contributed by atoms with E-state index in [-0.39, 0.29) is 5.60 Å². The van der Waals surface area contributed by atoms with E-state index in [1.165, 1.54) is 0 Å². The first kappa shape index (κ1) is 16.9. The molecule has 2 nitrogen and oxygen atoms in total. The van der Waals surface area contributed by atoms with E-state index in [2.05, 4.69) is 41.5 Å². The Labute approximate surface area is 108 Å². The summed E-state index contributed by atoms with van der Waals surface area (Å²) in [7, 11) is 0. The predicted octanol–water partition coefficient (Wildman–Crippen LogP) is 4.57. The topological polar surface area (TPSA) is 18.5 Å². The van der Waals surface area contributed by atoms with Gasteiger partial charge in [-0.15, -0.1) is 0 Å². The van der Waals surface area contributed by atoms with Crippen LogP contribution in [-0.2, 0) is 9.47 Å². The molecule has 0 aliphatic heterocycles. The number of hydrogen-bond donors (Lipinski definition) is 0. The summed E-state index contributed by atoms with van der Waals surface area (Å²) in [5.41, 5.74) is 0.0141. The van der Waals surface area contributed by atoms with Gasteiger partial charge in [-0.25, -0.2) is 0 Å². The zero-order valence-electron chi connectivity index (χ0n) is 12.7. The monoisotopic (exact) mass is 244 g/mol. The lowest BCUT2D eigenvalue weighted by Gasteiger charge is -2.34.